The molecule has 18 heavy (non-hydrogen) atoms. The molecule has 0 aliphatic carbocycles. The quantitative estimate of drug-likeness (QED) is 0.834. The smallest absolute Gasteiger partial charge is 0.322 e. The van der Waals surface area contributed by atoms with Gasteiger partial charge in [0, 0.05) is 4.47 Å². The Kier molecular flexibility index (Phi) is 5.15. The number of esters is 1. The normalized spacial score (nSPS) is 11.1. The van der Waals surface area contributed by atoms with Crippen molar-refractivity contribution in [3.8, 4) is 0 Å². The first-order valence-electron chi connectivity index (χ1n) is 5.23. The van der Waals surface area contributed by atoms with Crippen LogP contribution in [0.4, 0.5) is 5.69 Å². The van der Waals surface area contributed by atoms with Crippen molar-refractivity contribution < 1.29 is 17.9 Å². The highest BCUT2D eigenvalue weighted by molar-refractivity contribution is 9.10. The number of carbonyl (C=O) groups excluding carboxylic acids is 1. The number of carbonyl (C=O) groups is 1. The Morgan fingerprint density at radius 1 is 1.44 bits per heavy atom. The molecule has 0 aliphatic rings. The second kappa shape index (κ2) is 6.19. The average Bonchev–Trinajstić information content (AvgIpc) is 2.30. The first-order valence-corrected chi connectivity index (χ1v) is 7.68. The maximum Gasteiger partial charge on any atom is 0.322 e. The van der Waals surface area contributed by atoms with Crippen LogP contribution >= 0.6 is 15.9 Å². The second-order valence-electron chi connectivity index (χ2n) is 3.59. The molecule has 0 atom stereocenters. The van der Waals surface area contributed by atoms with Gasteiger partial charge in [0.1, 0.15) is 0 Å². The molecule has 0 amide bonds. The average molecular weight is 336 g/mol. The van der Waals surface area contributed by atoms with Gasteiger partial charge in [0.15, 0.2) is 5.75 Å². The van der Waals surface area contributed by atoms with Crippen LogP contribution in [-0.4, -0.2) is 27.2 Å². The van der Waals surface area contributed by atoms with E-state index >= 15 is 0 Å². The lowest BCUT2D eigenvalue weighted by atomic mass is 10.1. The van der Waals surface area contributed by atoms with E-state index in [1.165, 1.54) is 0 Å². The van der Waals surface area contributed by atoms with Gasteiger partial charge in [-0.3, -0.25) is 9.52 Å². The summed E-state index contributed by atoms with van der Waals surface area (Å²) >= 11 is 3.32. The molecular formula is C11H14BrNO4S. The molecule has 0 unspecified atom stereocenters. The van der Waals surface area contributed by atoms with E-state index < -0.39 is 21.7 Å². The number of anilines is 1. The van der Waals surface area contributed by atoms with Crippen molar-refractivity contribution in [3.63, 3.8) is 0 Å². The molecule has 0 aromatic heterocycles. The van der Waals surface area contributed by atoms with Gasteiger partial charge in [-0.2, -0.15) is 0 Å². The number of rotatable bonds is 5. The maximum atomic E-state index is 11.7. The summed E-state index contributed by atoms with van der Waals surface area (Å²) in [7, 11) is -2.58. The summed E-state index contributed by atoms with van der Waals surface area (Å²) in [5.41, 5.74) is 1.32. The van der Waals surface area contributed by atoms with Crippen molar-refractivity contribution in [2.24, 2.45) is 0 Å². The highest BCUT2D eigenvalue weighted by Gasteiger charge is 2.18. The number of halogens is 1. The minimum Gasteiger partial charge on any atom is -0.468 e. The van der Waals surface area contributed by atoms with Crippen molar-refractivity contribution in [2.45, 2.75) is 13.3 Å². The van der Waals surface area contributed by atoms with Gasteiger partial charge >= 0.3 is 5.97 Å². The van der Waals surface area contributed by atoms with E-state index in [2.05, 4.69) is 25.4 Å². The molecule has 0 heterocycles. The lowest BCUT2D eigenvalue weighted by Crippen LogP contribution is -2.24. The molecule has 1 aromatic carbocycles. The molecule has 7 heteroatoms. The van der Waals surface area contributed by atoms with Gasteiger partial charge in [-0.25, -0.2) is 8.42 Å². The Morgan fingerprint density at radius 3 is 2.67 bits per heavy atom. The highest BCUT2D eigenvalue weighted by Crippen LogP contribution is 2.22. The van der Waals surface area contributed by atoms with Crippen LogP contribution in [0, 0.1) is 0 Å². The standard InChI is InChI=1S/C11H14BrNO4S/c1-3-8-6-9(12)4-5-10(8)13-18(15,16)7-11(14)17-2/h4-6,13H,3,7H2,1-2H3. The SMILES string of the molecule is CCc1cc(Br)ccc1NS(=O)(=O)CC(=O)OC. The lowest BCUT2D eigenvalue weighted by Gasteiger charge is -2.11. The fraction of sp³-hybridized carbons (Fsp3) is 0.364. The molecular weight excluding hydrogens is 322 g/mol. The number of hydrogen-bond acceptors (Lipinski definition) is 4. The third-order valence-electron chi connectivity index (χ3n) is 2.25. The van der Waals surface area contributed by atoms with E-state index in [1.54, 1.807) is 12.1 Å². The lowest BCUT2D eigenvalue weighted by molar-refractivity contribution is -0.137. The Balaban J connectivity index is 2.94. The summed E-state index contributed by atoms with van der Waals surface area (Å²) in [6.45, 7) is 1.92. The third-order valence-corrected chi connectivity index (χ3v) is 3.89. The van der Waals surface area contributed by atoms with Crippen molar-refractivity contribution in [2.75, 3.05) is 17.6 Å². The molecule has 0 bridgehead atoms. The van der Waals surface area contributed by atoms with Crippen molar-refractivity contribution in [1.29, 1.82) is 0 Å². The Bertz CT molecular complexity index is 542. The van der Waals surface area contributed by atoms with Crippen LogP contribution in [0.25, 0.3) is 0 Å². The Labute approximate surface area is 115 Å². The predicted molar refractivity (Wildman–Crippen MR) is 72.9 cm³/mol. The van der Waals surface area contributed by atoms with Gasteiger partial charge in [-0.05, 0) is 30.2 Å². The molecule has 1 rings (SSSR count). The number of aryl methyl sites for hydroxylation is 1. The van der Waals surface area contributed by atoms with E-state index in [4.69, 9.17) is 0 Å². The zero-order valence-corrected chi connectivity index (χ0v) is 12.5. The fourth-order valence-corrected chi connectivity index (χ4v) is 2.82. The monoisotopic (exact) mass is 335 g/mol. The molecule has 0 fully saturated rings. The van der Waals surface area contributed by atoms with E-state index in [-0.39, 0.29) is 0 Å². The molecule has 1 N–H and O–H groups in total. The fourth-order valence-electron chi connectivity index (χ4n) is 1.37. The zero-order chi connectivity index (χ0) is 13.8. The minimum atomic E-state index is -3.73. The van der Waals surface area contributed by atoms with Gasteiger partial charge in [-0.1, -0.05) is 22.9 Å². The van der Waals surface area contributed by atoms with Crippen LogP contribution in [0.1, 0.15) is 12.5 Å². The first kappa shape index (κ1) is 15.0. The summed E-state index contributed by atoms with van der Waals surface area (Å²) in [6.07, 6.45) is 0.676. The summed E-state index contributed by atoms with van der Waals surface area (Å²) in [4.78, 5) is 11.0. The number of sulfonamides is 1. The molecule has 5 nitrogen and oxygen atoms in total. The predicted octanol–water partition coefficient (Wildman–Crippen LogP) is 1.93. The van der Waals surface area contributed by atoms with Crippen LogP contribution in [0.15, 0.2) is 22.7 Å². The number of benzene rings is 1. The maximum absolute atomic E-state index is 11.7. The number of hydrogen-bond donors (Lipinski definition) is 1. The summed E-state index contributed by atoms with van der Waals surface area (Å²) < 4.78 is 31.0. The van der Waals surface area contributed by atoms with E-state index in [0.717, 1.165) is 17.1 Å². The summed E-state index contributed by atoms with van der Waals surface area (Å²) in [5, 5.41) is 0. The van der Waals surface area contributed by atoms with Gasteiger partial charge in [-0.15, -0.1) is 0 Å². The molecule has 0 saturated heterocycles. The Morgan fingerprint density at radius 2 is 2.11 bits per heavy atom. The Hall–Kier alpha value is -1.08. The summed E-state index contributed by atoms with van der Waals surface area (Å²) in [6, 6.07) is 5.21. The first-order chi connectivity index (χ1) is 8.38. The third kappa shape index (κ3) is 4.30. The van der Waals surface area contributed by atoms with E-state index in [0.29, 0.717) is 12.1 Å². The van der Waals surface area contributed by atoms with Crippen LogP contribution in [0.5, 0.6) is 0 Å². The number of ether oxygens (including phenoxy) is 1. The molecule has 0 saturated carbocycles. The van der Waals surface area contributed by atoms with Crippen molar-refractivity contribution >= 4 is 37.6 Å². The van der Waals surface area contributed by atoms with Crippen molar-refractivity contribution in [3.05, 3.63) is 28.2 Å². The largest absolute Gasteiger partial charge is 0.468 e. The van der Waals surface area contributed by atoms with Gasteiger partial charge < -0.3 is 4.74 Å². The zero-order valence-electron chi connectivity index (χ0n) is 10.1. The van der Waals surface area contributed by atoms with Gasteiger partial charge in [0.2, 0.25) is 10.0 Å². The minimum absolute atomic E-state index is 0.476. The van der Waals surface area contributed by atoms with E-state index in [9.17, 15) is 13.2 Å². The summed E-state index contributed by atoms with van der Waals surface area (Å²) in [5.74, 6) is -1.49. The number of nitrogens with one attached hydrogen (secondary N) is 1. The van der Waals surface area contributed by atoms with Crippen LogP contribution in [0.3, 0.4) is 0 Å². The highest BCUT2D eigenvalue weighted by atomic mass is 79.9. The molecule has 0 spiro atoms. The van der Waals surface area contributed by atoms with Gasteiger partial charge in [0.25, 0.3) is 0 Å². The van der Waals surface area contributed by atoms with Crippen LogP contribution in [-0.2, 0) is 26.0 Å². The van der Waals surface area contributed by atoms with Crippen LogP contribution in [0.2, 0.25) is 0 Å². The van der Waals surface area contributed by atoms with Crippen LogP contribution < -0.4 is 4.72 Å². The topological polar surface area (TPSA) is 72.5 Å². The van der Waals surface area contributed by atoms with E-state index in [1.807, 2.05) is 13.0 Å². The second-order valence-corrected chi connectivity index (χ2v) is 6.23. The molecule has 0 radical (unpaired) electrons. The molecule has 1 aromatic rings. The molecule has 100 valence electrons. The van der Waals surface area contributed by atoms with Gasteiger partial charge in [0.05, 0.1) is 12.8 Å². The number of methoxy groups -OCH3 is 1. The molecule has 0 aliphatic heterocycles. The van der Waals surface area contributed by atoms with Crippen molar-refractivity contribution in [1.82, 2.24) is 0 Å².